The largest absolute Gasteiger partial charge is 0.377 e. The first-order valence-corrected chi connectivity index (χ1v) is 9.11. The summed E-state index contributed by atoms with van der Waals surface area (Å²) in [6.07, 6.45) is 0. The molecule has 0 fully saturated rings. The van der Waals surface area contributed by atoms with Gasteiger partial charge in [0.15, 0.2) is 4.21 Å². The fraction of sp³-hybridized carbons (Fsp3) is 0.231. The van der Waals surface area contributed by atoms with Gasteiger partial charge in [0.05, 0.1) is 12.3 Å². The van der Waals surface area contributed by atoms with Gasteiger partial charge in [-0.2, -0.15) is 0 Å². The van der Waals surface area contributed by atoms with Gasteiger partial charge in [-0.05, 0) is 40.4 Å². The molecule has 1 N–H and O–H groups in total. The van der Waals surface area contributed by atoms with E-state index in [2.05, 4.69) is 20.7 Å². The van der Waals surface area contributed by atoms with Crippen LogP contribution in [0.2, 0.25) is 0 Å². The molecule has 2 rings (SSSR count). The Labute approximate surface area is 131 Å². The predicted molar refractivity (Wildman–Crippen MR) is 84.6 cm³/mol. The molecule has 0 aliphatic carbocycles. The van der Waals surface area contributed by atoms with Crippen LogP contribution >= 0.6 is 27.3 Å². The lowest BCUT2D eigenvalue weighted by molar-refractivity contribution is 0.134. The van der Waals surface area contributed by atoms with Crippen LogP contribution in [-0.2, 0) is 21.4 Å². The second kappa shape index (κ2) is 6.71. The summed E-state index contributed by atoms with van der Waals surface area (Å²) in [4.78, 5) is 0. The van der Waals surface area contributed by atoms with Crippen LogP contribution in [-0.4, -0.2) is 15.0 Å². The van der Waals surface area contributed by atoms with E-state index in [1.165, 1.54) is 11.3 Å². The fourth-order valence-corrected chi connectivity index (χ4v) is 5.06. The van der Waals surface area contributed by atoms with Crippen molar-refractivity contribution in [3.05, 3.63) is 45.7 Å². The van der Waals surface area contributed by atoms with E-state index in [4.69, 9.17) is 4.74 Å². The average Bonchev–Trinajstić information content (AvgIpc) is 2.84. The van der Waals surface area contributed by atoms with Crippen molar-refractivity contribution >= 4 is 43.0 Å². The number of sulfonamides is 1. The van der Waals surface area contributed by atoms with Gasteiger partial charge >= 0.3 is 0 Å². The molecule has 0 atom stereocenters. The number of nitrogens with one attached hydrogen (secondary N) is 1. The molecule has 108 valence electrons. The van der Waals surface area contributed by atoms with Crippen molar-refractivity contribution in [1.82, 2.24) is 0 Å². The Morgan fingerprint density at radius 1 is 1.30 bits per heavy atom. The van der Waals surface area contributed by atoms with E-state index in [1.54, 1.807) is 23.6 Å². The third-order valence-corrected chi connectivity index (χ3v) is 6.59. The Balaban J connectivity index is 2.28. The van der Waals surface area contributed by atoms with Crippen molar-refractivity contribution in [2.75, 3.05) is 11.3 Å². The van der Waals surface area contributed by atoms with Crippen LogP contribution in [0.4, 0.5) is 5.69 Å². The van der Waals surface area contributed by atoms with E-state index in [0.717, 1.165) is 5.56 Å². The highest BCUT2D eigenvalue weighted by molar-refractivity contribution is 9.10. The smallest absolute Gasteiger partial charge is 0.272 e. The molecule has 0 bridgehead atoms. The molecule has 20 heavy (non-hydrogen) atoms. The normalized spacial score (nSPS) is 11.5. The highest BCUT2D eigenvalue weighted by Gasteiger charge is 2.20. The number of anilines is 1. The SMILES string of the molecule is CCOCc1ccccc1NS(=O)(=O)c1sccc1Br. The van der Waals surface area contributed by atoms with E-state index < -0.39 is 10.0 Å². The molecular formula is C13H14BrNO3S2. The molecule has 0 saturated carbocycles. The molecule has 0 saturated heterocycles. The second-order valence-electron chi connectivity index (χ2n) is 3.96. The van der Waals surface area contributed by atoms with E-state index in [-0.39, 0.29) is 4.21 Å². The van der Waals surface area contributed by atoms with Gasteiger partial charge in [0, 0.05) is 16.6 Å². The van der Waals surface area contributed by atoms with Crippen molar-refractivity contribution in [3.8, 4) is 0 Å². The summed E-state index contributed by atoms with van der Waals surface area (Å²) in [5.74, 6) is 0. The van der Waals surface area contributed by atoms with Crippen LogP contribution < -0.4 is 4.72 Å². The first kappa shape index (κ1) is 15.5. The van der Waals surface area contributed by atoms with Crippen molar-refractivity contribution in [3.63, 3.8) is 0 Å². The predicted octanol–water partition coefficient (Wildman–Crippen LogP) is 3.85. The highest BCUT2D eigenvalue weighted by atomic mass is 79.9. The van der Waals surface area contributed by atoms with Crippen LogP contribution in [0.5, 0.6) is 0 Å². The van der Waals surface area contributed by atoms with Crippen molar-refractivity contribution in [1.29, 1.82) is 0 Å². The van der Waals surface area contributed by atoms with Crippen molar-refractivity contribution < 1.29 is 13.2 Å². The first-order valence-electron chi connectivity index (χ1n) is 5.96. The van der Waals surface area contributed by atoms with Crippen molar-refractivity contribution in [2.45, 2.75) is 17.7 Å². The Kier molecular flexibility index (Phi) is 5.20. The molecule has 0 radical (unpaired) electrons. The molecule has 0 amide bonds. The maximum Gasteiger partial charge on any atom is 0.272 e. The lowest BCUT2D eigenvalue weighted by Gasteiger charge is -2.12. The molecule has 1 aromatic heterocycles. The monoisotopic (exact) mass is 375 g/mol. The highest BCUT2D eigenvalue weighted by Crippen LogP contribution is 2.30. The zero-order valence-corrected chi connectivity index (χ0v) is 14.0. The Bertz CT molecular complexity index is 682. The summed E-state index contributed by atoms with van der Waals surface area (Å²) in [5.41, 5.74) is 1.35. The summed E-state index contributed by atoms with van der Waals surface area (Å²) >= 11 is 4.41. The minimum Gasteiger partial charge on any atom is -0.377 e. The third-order valence-electron chi connectivity index (χ3n) is 2.55. The van der Waals surface area contributed by atoms with Gasteiger partial charge in [0.1, 0.15) is 0 Å². The van der Waals surface area contributed by atoms with Gasteiger partial charge in [0.25, 0.3) is 10.0 Å². The fourth-order valence-electron chi connectivity index (χ4n) is 1.62. The van der Waals surface area contributed by atoms with Gasteiger partial charge in [-0.1, -0.05) is 18.2 Å². The maximum atomic E-state index is 12.3. The number of thiophene rings is 1. The summed E-state index contributed by atoms with van der Waals surface area (Å²) < 4.78 is 33.5. The van der Waals surface area contributed by atoms with Crippen LogP contribution in [0, 0.1) is 0 Å². The third kappa shape index (κ3) is 3.60. The lowest BCUT2D eigenvalue weighted by atomic mass is 10.2. The van der Waals surface area contributed by atoms with Crippen LogP contribution in [0.3, 0.4) is 0 Å². The number of hydrogen-bond acceptors (Lipinski definition) is 4. The molecule has 0 spiro atoms. The standard InChI is InChI=1S/C13H14BrNO3S2/c1-2-18-9-10-5-3-4-6-12(10)15-20(16,17)13-11(14)7-8-19-13/h3-8,15H,2,9H2,1H3. The number of para-hydroxylation sites is 1. The molecule has 7 heteroatoms. The summed E-state index contributed by atoms with van der Waals surface area (Å²) in [6, 6.07) is 8.93. The Morgan fingerprint density at radius 2 is 2.05 bits per heavy atom. The maximum absolute atomic E-state index is 12.3. The molecule has 1 heterocycles. The summed E-state index contributed by atoms with van der Waals surface area (Å²) in [5, 5.41) is 1.73. The summed E-state index contributed by atoms with van der Waals surface area (Å²) in [6.45, 7) is 2.86. The molecule has 1 aromatic carbocycles. The number of rotatable bonds is 6. The van der Waals surface area contributed by atoms with Crippen LogP contribution in [0.25, 0.3) is 0 Å². The molecule has 4 nitrogen and oxygen atoms in total. The van der Waals surface area contributed by atoms with E-state index >= 15 is 0 Å². The zero-order chi connectivity index (χ0) is 14.6. The first-order chi connectivity index (χ1) is 9.54. The number of benzene rings is 1. The van der Waals surface area contributed by atoms with Gasteiger partial charge < -0.3 is 4.74 Å². The molecule has 0 aliphatic rings. The lowest BCUT2D eigenvalue weighted by Crippen LogP contribution is -2.13. The second-order valence-corrected chi connectivity index (χ2v) is 7.60. The van der Waals surface area contributed by atoms with Gasteiger partial charge in [0.2, 0.25) is 0 Å². The number of hydrogen-bond donors (Lipinski definition) is 1. The zero-order valence-electron chi connectivity index (χ0n) is 10.8. The van der Waals surface area contributed by atoms with Gasteiger partial charge in [-0.25, -0.2) is 8.42 Å². The molecule has 2 aromatic rings. The van der Waals surface area contributed by atoms with E-state index in [9.17, 15) is 8.42 Å². The Hall–Kier alpha value is -0.890. The van der Waals surface area contributed by atoms with Crippen LogP contribution in [0.15, 0.2) is 44.4 Å². The van der Waals surface area contributed by atoms with Gasteiger partial charge in [-0.15, -0.1) is 11.3 Å². The molecule has 0 aliphatic heterocycles. The number of halogens is 1. The Morgan fingerprint density at radius 3 is 2.70 bits per heavy atom. The van der Waals surface area contributed by atoms with Gasteiger partial charge in [-0.3, -0.25) is 4.72 Å². The molecule has 0 unspecified atom stereocenters. The van der Waals surface area contributed by atoms with Crippen molar-refractivity contribution in [2.24, 2.45) is 0 Å². The minimum atomic E-state index is -3.58. The molecular weight excluding hydrogens is 362 g/mol. The van der Waals surface area contributed by atoms with E-state index in [0.29, 0.717) is 23.4 Å². The average molecular weight is 376 g/mol. The quantitative estimate of drug-likeness (QED) is 0.833. The van der Waals surface area contributed by atoms with E-state index in [1.807, 2.05) is 19.1 Å². The topological polar surface area (TPSA) is 55.4 Å². The number of ether oxygens (including phenoxy) is 1. The summed E-state index contributed by atoms with van der Waals surface area (Å²) in [7, 11) is -3.58. The minimum absolute atomic E-state index is 0.267. The van der Waals surface area contributed by atoms with Crippen LogP contribution in [0.1, 0.15) is 12.5 Å².